The number of nitrogens with zero attached hydrogens (tertiary/aromatic N) is 4. The third-order valence-electron chi connectivity index (χ3n) is 4.22. The van der Waals surface area contributed by atoms with E-state index in [-0.39, 0.29) is 12.2 Å². The first-order valence-corrected chi connectivity index (χ1v) is 8.67. The highest BCUT2D eigenvalue weighted by Crippen LogP contribution is 2.34. The second-order valence-corrected chi connectivity index (χ2v) is 6.04. The quantitative estimate of drug-likeness (QED) is 0.520. The van der Waals surface area contributed by atoms with E-state index in [1.807, 2.05) is 73.3 Å². The molecule has 27 heavy (non-hydrogen) atoms. The molecule has 0 radical (unpaired) electrons. The van der Waals surface area contributed by atoms with Crippen LogP contribution < -0.4 is 0 Å². The van der Waals surface area contributed by atoms with Crippen molar-refractivity contribution in [3.8, 4) is 0 Å². The maximum Gasteiger partial charge on any atom is 0.112 e. The molecule has 0 N–H and O–H groups in total. The standard InChI is InChI=1S/C22H18N4O/c1-5-17(13-23-9-1)21(18-6-2-10-24-14-18)27-22(19-7-3-11-25-15-19)20-8-4-12-26-16-20/h1-16,21-22H. The highest BCUT2D eigenvalue weighted by Gasteiger charge is 2.24. The van der Waals surface area contributed by atoms with Crippen LogP contribution in [0.1, 0.15) is 34.5 Å². The lowest BCUT2D eigenvalue weighted by Crippen LogP contribution is -2.14. The summed E-state index contributed by atoms with van der Waals surface area (Å²) in [6, 6.07) is 15.7. The van der Waals surface area contributed by atoms with Gasteiger partial charge in [-0.25, -0.2) is 0 Å². The molecule has 4 aromatic rings. The van der Waals surface area contributed by atoms with Crippen LogP contribution in [0.5, 0.6) is 0 Å². The monoisotopic (exact) mass is 354 g/mol. The number of pyridine rings is 4. The van der Waals surface area contributed by atoms with Crippen LogP contribution in [0.3, 0.4) is 0 Å². The first-order valence-electron chi connectivity index (χ1n) is 8.67. The van der Waals surface area contributed by atoms with Crippen molar-refractivity contribution < 1.29 is 4.74 Å². The van der Waals surface area contributed by atoms with Gasteiger partial charge in [0.15, 0.2) is 0 Å². The van der Waals surface area contributed by atoms with Crippen molar-refractivity contribution in [3.63, 3.8) is 0 Å². The first-order chi connectivity index (χ1) is 13.4. The van der Waals surface area contributed by atoms with Gasteiger partial charge < -0.3 is 4.74 Å². The fraction of sp³-hybridized carbons (Fsp3) is 0.0909. The van der Waals surface area contributed by atoms with Crippen molar-refractivity contribution in [1.29, 1.82) is 0 Å². The van der Waals surface area contributed by atoms with Gasteiger partial charge in [0.1, 0.15) is 12.2 Å². The number of ether oxygens (including phenoxy) is 1. The van der Waals surface area contributed by atoms with E-state index in [1.54, 1.807) is 24.8 Å². The molecular formula is C22H18N4O. The fourth-order valence-electron chi connectivity index (χ4n) is 2.96. The molecule has 0 aliphatic rings. The molecule has 0 unspecified atom stereocenters. The molecule has 0 amide bonds. The average Bonchev–Trinajstić information content (AvgIpc) is 2.77. The topological polar surface area (TPSA) is 60.8 Å². The van der Waals surface area contributed by atoms with Crippen LogP contribution in [0.2, 0.25) is 0 Å². The number of hydrogen-bond donors (Lipinski definition) is 0. The van der Waals surface area contributed by atoms with E-state index >= 15 is 0 Å². The molecule has 0 saturated carbocycles. The zero-order valence-electron chi connectivity index (χ0n) is 14.6. The van der Waals surface area contributed by atoms with Crippen molar-refractivity contribution in [2.75, 3.05) is 0 Å². The highest BCUT2D eigenvalue weighted by atomic mass is 16.5. The minimum Gasteiger partial charge on any atom is -0.356 e. The summed E-state index contributed by atoms with van der Waals surface area (Å²) in [5.74, 6) is 0. The van der Waals surface area contributed by atoms with Crippen LogP contribution in [0, 0.1) is 0 Å². The summed E-state index contributed by atoms with van der Waals surface area (Å²) in [6.07, 6.45) is 13.7. The largest absolute Gasteiger partial charge is 0.356 e. The maximum absolute atomic E-state index is 6.63. The molecule has 5 heteroatoms. The van der Waals surface area contributed by atoms with Gasteiger partial charge in [-0.05, 0) is 24.3 Å². The zero-order valence-corrected chi connectivity index (χ0v) is 14.6. The second-order valence-electron chi connectivity index (χ2n) is 6.04. The molecule has 0 fully saturated rings. The Balaban J connectivity index is 1.77. The van der Waals surface area contributed by atoms with Crippen molar-refractivity contribution in [2.24, 2.45) is 0 Å². The normalized spacial score (nSPS) is 11.0. The van der Waals surface area contributed by atoms with E-state index in [4.69, 9.17) is 4.74 Å². The lowest BCUT2D eigenvalue weighted by molar-refractivity contribution is 0.0301. The Morgan fingerprint density at radius 3 is 1.00 bits per heavy atom. The molecule has 4 rings (SSSR count). The maximum atomic E-state index is 6.63. The Morgan fingerprint density at radius 1 is 0.481 bits per heavy atom. The Kier molecular flexibility index (Phi) is 5.22. The Morgan fingerprint density at radius 2 is 0.778 bits per heavy atom. The van der Waals surface area contributed by atoms with Gasteiger partial charge in [-0.15, -0.1) is 0 Å². The van der Waals surface area contributed by atoms with Crippen LogP contribution in [-0.4, -0.2) is 19.9 Å². The molecule has 0 aliphatic heterocycles. The third kappa shape index (κ3) is 4.04. The summed E-state index contributed by atoms with van der Waals surface area (Å²) >= 11 is 0. The smallest absolute Gasteiger partial charge is 0.112 e. The molecule has 0 bridgehead atoms. The van der Waals surface area contributed by atoms with Crippen LogP contribution >= 0.6 is 0 Å². The molecule has 0 aromatic carbocycles. The van der Waals surface area contributed by atoms with Crippen molar-refractivity contribution in [2.45, 2.75) is 12.2 Å². The van der Waals surface area contributed by atoms with Crippen molar-refractivity contribution in [3.05, 3.63) is 120 Å². The van der Waals surface area contributed by atoms with E-state index in [1.165, 1.54) is 0 Å². The minimum absolute atomic E-state index is 0.321. The van der Waals surface area contributed by atoms with Gasteiger partial charge in [0.2, 0.25) is 0 Å². The number of rotatable bonds is 6. The van der Waals surface area contributed by atoms with E-state index in [2.05, 4.69) is 19.9 Å². The lowest BCUT2D eigenvalue weighted by Gasteiger charge is -2.25. The van der Waals surface area contributed by atoms with Crippen molar-refractivity contribution in [1.82, 2.24) is 19.9 Å². The predicted octanol–water partition coefficient (Wildman–Crippen LogP) is 4.16. The lowest BCUT2D eigenvalue weighted by atomic mass is 10.0. The molecular weight excluding hydrogens is 336 g/mol. The summed E-state index contributed by atoms with van der Waals surface area (Å²) in [5.41, 5.74) is 3.85. The van der Waals surface area contributed by atoms with Crippen LogP contribution in [0.15, 0.2) is 98.1 Å². The van der Waals surface area contributed by atoms with Crippen LogP contribution in [-0.2, 0) is 4.74 Å². The minimum atomic E-state index is -0.321. The van der Waals surface area contributed by atoms with E-state index in [0.29, 0.717) is 0 Å². The van der Waals surface area contributed by atoms with Gasteiger partial charge in [-0.3, -0.25) is 19.9 Å². The van der Waals surface area contributed by atoms with E-state index in [0.717, 1.165) is 22.3 Å². The molecule has 0 spiro atoms. The summed E-state index contributed by atoms with van der Waals surface area (Å²) in [4.78, 5) is 17.0. The van der Waals surface area contributed by atoms with E-state index < -0.39 is 0 Å². The summed E-state index contributed by atoms with van der Waals surface area (Å²) in [6.45, 7) is 0. The molecule has 5 nitrogen and oxygen atoms in total. The van der Waals surface area contributed by atoms with E-state index in [9.17, 15) is 0 Å². The third-order valence-corrected chi connectivity index (χ3v) is 4.22. The molecule has 4 aromatic heterocycles. The van der Waals surface area contributed by atoms with Gasteiger partial charge in [0.05, 0.1) is 0 Å². The Labute approximate surface area is 157 Å². The number of aromatic nitrogens is 4. The Hall–Kier alpha value is -3.44. The van der Waals surface area contributed by atoms with Gasteiger partial charge in [-0.1, -0.05) is 24.3 Å². The Bertz CT molecular complexity index is 790. The molecule has 0 aliphatic carbocycles. The van der Waals surface area contributed by atoms with Gasteiger partial charge >= 0.3 is 0 Å². The first kappa shape index (κ1) is 17.0. The van der Waals surface area contributed by atoms with Gasteiger partial charge in [0, 0.05) is 71.8 Å². The fourth-order valence-corrected chi connectivity index (χ4v) is 2.96. The SMILES string of the molecule is c1cncc(C(OC(c2cccnc2)c2cccnc2)c2cccnc2)c1. The average molecular weight is 354 g/mol. The van der Waals surface area contributed by atoms with Crippen LogP contribution in [0.25, 0.3) is 0 Å². The second kappa shape index (κ2) is 8.29. The zero-order chi connectivity index (χ0) is 18.3. The summed E-state index contributed by atoms with van der Waals surface area (Å²) in [5, 5.41) is 0. The molecule has 132 valence electrons. The van der Waals surface area contributed by atoms with Gasteiger partial charge in [-0.2, -0.15) is 0 Å². The van der Waals surface area contributed by atoms with Crippen molar-refractivity contribution >= 4 is 0 Å². The molecule has 4 heterocycles. The summed E-state index contributed by atoms with van der Waals surface area (Å²) in [7, 11) is 0. The van der Waals surface area contributed by atoms with Crippen LogP contribution in [0.4, 0.5) is 0 Å². The number of hydrogen-bond acceptors (Lipinski definition) is 5. The summed E-state index contributed by atoms with van der Waals surface area (Å²) < 4.78 is 6.63. The molecule has 0 atom stereocenters. The van der Waals surface area contributed by atoms with Gasteiger partial charge in [0.25, 0.3) is 0 Å². The molecule has 0 saturated heterocycles. The predicted molar refractivity (Wildman–Crippen MR) is 102 cm³/mol. The highest BCUT2D eigenvalue weighted by molar-refractivity contribution is 5.30.